The molecule has 0 amide bonds. The molecule has 0 heterocycles. The number of fused-ring (bicyclic) bond motifs is 4. The maximum atomic E-state index is 17.2. The number of thiol groups is 1. The van der Waals surface area contributed by atoms with Crippen molar-refractivity contribution in [2.45, 2.75) is 78.8 Å². The van der Waals surface area contributed by atoms with Crippen molar-refractivity contribution in [2.24, 2.45) is 39.9 Å². The molecule has 170 valence electrons. The van der Waals surface area contributed by atoms with E-state index in [1.165, 1.54) is 12.0 Å². The van der Waals surface area contributed by atoms with E-state index in [0.29, 0.717) is 23.2 Å². The summed E-state index contributed by atoms with van der Waals surface area (Å²) in [6.45, 7) is 11.3. The summed E-state index contributed by atoms with van der Waals surface area (Å²) in [5.41, 5.74) is -0.0161. The Balaban J connectivity index is 0.000000473. The maximum absolute atomic E-state index is 17.2. The van der Waals surface area contributed by atoms with Gasteiger partial charge in [0.2, 0.25) is 0 Å². The molecule has 3 saturated carbocycles. The zero-order valence-corrected chi connectivity index (χ0v) is 20.8. The van der Waals surface area contributed by atoms with Crippen LogP contribution in [0.15, 0.2) is 36.0 Å². The smallest absolute Gasteiger partial charge is 0.129 e. The number of rotatable bonds is 0. The highest BCUT2D eigenvalue weighted by Crippen LogP contribution is 2.77. The molecule has 3 heteroatoms. The topological polar surface area (TPSA) is 20.2 Å². The Morgan fingerprint density at radius 1 is 1.13 bits per heavy atom. The van der Waals surface area contributed by atoms with Crippen molar-refractivity contribution < 1.29 is 9.50 Å². The molecule has 0 aromatic carbocycles. The van der Waals surface area contributed by atoms with Crippen LogP contribution in [0.2, 0.25) is 0 Å². The van der Waals surface area contributed by atoms with Crippen LogP contribution in [0.4, 0.5) is 4.39 Å². The predicted molar refractivity (Wildman–Crippen MR) is 130 cm³/mol. The number of hydrogen-bond acceptors (Lipinski definition) is 2. The summed E-state index contributed by atoms with van der Waals surface area (Å²) in [5, 5.41) is 7.00. The molecular weight excluding hydrogens is 391 g/mol. The van der Waals surface area contributed by atoms with Gasteiger partial charge >= 0.3 is 0 Å². The Morgan fingerprint density at radius 3 is 2.40 bits per heavy atom. The van der Waals surface area contributed by atoms with E-state index in [4.69, 9.17) is 5.11 Å². The van der Waals surface area contributed by atoms with Gasteiger partial charge in [-0.15, -0.1) is 0 Å². The summed E-state index contributed by atoms with van der Waals surface area (Å²) in [4.78, 5) is 0. The van der Waals surface area contributed by atoms with E-state index < -0.39 is 11.1 Å². The van der Waals surface area contributed by atoms with Crippen LogP contribution in [0.25, 0.3) is 0 Å². The predicted octanol–water partition coefficient (Wildman–Crippen LogP) is 7.19. The number of alkyl halides is 1. The minimum atomic E-state index is -1.10. The second-order valence-electron chi connectivity index (χ2n) is 10.7. The van der Waals surface area contributed by atoms with Gasteiger partial charge in [0, 0.05) is 17.9 Å². The van der Waals surface area contributed by atoms with E-state index in [2.05, 4.69) is 70.7 Å². The van der Waals surface area contributed by atoms with Crippen LogP contribution < -0.4 is 0 Å². The lowest BCUT2D eigenvalue weighted by atomic mass is 9.38. The summed E-state index contributed by atoms with van der Waals surface area (Å²) < 4.78 is 17.2. The zero-order chi connectivity index (χ0) is 22.4. The molecule has 0 bridgehead atoms. The van der Waals surface area contributed by atoms with Gasteiger partial charge < -0.3 is 5.11 Å². The molecule has 0 aromatic heterocycles. The largest absolute Gasteiger partial charge is 0.400 e. The highest BCUT2D eigenvalue weighted by molar-refractivity contribution is 7.80. The van der Waals surface area contributed by atoms with Gasteiger partial charge in [0.25, 0.3) is 0 Å². The molecule has 30 heavy (non-hydrogen) atoms. The third-order valence-electron chi connectivity index (χ3n) is 9.51. The summed E-state index contributed by atoms with van der Waals surface area (Å²) >= 11 is 3.79. The third kappa shape index (κ3) is 2.97. The summed E-state index contributed by atoms with van der Waals surface area (Å²) in [6, 6.07) is 0. The normalized spacial score (nSPS) is 50.0. The molecule has 1 spiro atoms. The molecule has 0 radical (unpaired) electrons. The van der Waals surface area contributed by atoms with Gasteiger partial charge in [-0.3, -0.25) is 0 Å². The minimum Gasteiger partial charge on any atom is -0.400 e. The zero-order valence-electron chi connectivity index (χ0n) is 19.9. The van der Waals surface area contributed by atoms with Crippen LogP contribution in [0.3, 0.4) is 0 Å². The molecule has 5 aliphatic carbocycles. The average Bonchev–Trinajstić information content (AvgIpc) is 2.81. The van der Waals surface area contributed by atoms with Crippen LogP contribution in [0.1, 0.15) is 73.1 Å². The fourth-order valence-electron chi connectivity index (χ4n) is 8.43. The van der Waals surface area contributed by atoms with E-state index in [-0.39, 0.29) is 5.41 Å². The van der Waals surface area contributed by atoms with Crippen molar-refractivity contribution >= 4 is 12.6 Å². The van der Waals surface area contributed by atoms with E-state index in [1.54, 1.807) is 0 Å². The van der Waals surface area contributed by atoms with Crippen LogP contribution in [-0.2, 0) is 0 Å². The van der Waals surface area contributed by atoms with Gasteiger partial charge in [0.05, 0.1) is 0 Å². The van der Waals surface area contributed by atoms with Crippen molar-refractivity contribution in [1.82, 2.24) is 0 Å². The lowest BCUT2D eigenvalue weighted by Gasteiger charge is -2.67. The SMILES string of the molecule is CCS.CO.C[C@@H]1C[C@@H]2C3(C=C[C@@H]13)CC[C@]1(F)C3(C)C=CCCC=C3[C@@H](C)C[C@@]21C. The minimum absolute atomic E-state index is 0.209. The number of hydrogen-bond donors (Lipinski definition) is 2. The van der Waals surface area contributed by atoms with Crippen molar-refractivity contribution in [3.8, 4) is 0 Å². The molecule has 0 aliphatic heterocycles. The van der Waals surface area contributed by atoms with Crippen LogP contribution in [0.5, 0.6) is 0 Å². The molecule has 5 rings (SSSR count). The highest BCUT2D eigenvalue weighted by atomic mass is 32.1. The van der Waals surface area contributed by atoms with Crippen LogP contribution in [-0.4, -0.2) is 23.6 Å². The molecular formula is C27H43FOS. The first-order valence-corrected chi connectivity index (χ1v) is 12.7. The van der Waals surface area contributed by atoms with Gasteiger partial charge in [-0.25, -0.2) is 4.39 Å². The van der Waals surface area contributed by atoms with E-state index in [1.807, 2.05) is 6.92 Å². The highest BCUT2D eigenvalue weighted by Gasteiger charge is 2.74. The van der Waals surface area contributed by atoms with Crippen LogP contribution >= 0.6 is 12.6 Å². The Bertz CT molecular complexity index is 728. The fourth-order valence-corrected chi connectivity index (χ4v) is 8.43. The van der Waals surface area contributed by atoms with Crippen molar-refractivity contribution in [1.29, 1.82) is 0 Å². The van der Waals surface area contributed by atoms with Crippen molar-refractivity contribution in [3.05, 3.63) is 36.0 Å². The van der Waals surface area contributed by atoms with Gasteiger partial charge in [-0.2, -0.15) is 12.6 Å². The number of aliphatic hydroxyl groups excluding tert-OH is 1. The second-order valence-corrected chi connectivity index (χ2v) is 11.4. The van der Waals surface area contributed by atoms with E-state index in [0.717, 1.165) is 50.9 Å². The quantitative estimate of drug-likeness (QED) is 0.305. The fraction of sp³-hybridized carbons (Fsp3) is 0.778. The summed E-state index contributed by atoms with van der Waals surface area (Å²) in [7, 11) is 1.00. The average molecular weight is 435 g/mol. The Labute approximate surface area is 189 Å². The molecule has 0 saturated heterocycles. The molecule has 8 atom stereocenters. The molecule has 3 fully saturated rings. The standard InChI is InChI=1S/C24H33F.C2H6S.CH4O/c1-16-14-20-22(4)15-17(2)18-8-6-5-7-10-21(18,3)24(22,25)13-12-23(20)11-9-19(16)23;1-2-3;1-2/h7-11,16-17,19-20H,5-6,12-15H2,1-4H3;3H,2H2,1H3;2H,1H3/t16-,17+,19+,20+,21?,22+,23?,24+;;/m1../s1. The first-order chi connectivity index (χ1) is 14.2. The molecule has 1 N–H and O–H groups in total. The monoisotopic (exact) mass is 434 g/mol. The molecule has 2 unspecified atom stereocenters. The Morgan fingerprint density at radius 2 is 1.80 bits per heavy atom. The van der Waals surface area contributed by atoms with Crippen molar-refractivity contribution in [2.75, 3.05) is 12.9 Å². The molecule has 5 aliphatic rings. The third-order valence-corrected chi connectivity index (χ3v) is 9.51. The molecule has 1 nitrogen and oxygen atoms in total. The summed E-state index contributed by atoms with van der Waals surface area (Å²) in [5.74, 6) is 3.39. The van der Waals surface area contributed by atoms with Gasteiger partial charge in [0.15, 0.2) is 0 Å². The Hall–Kier alpha value is -0.540. The molecule has 0 aromatic rings. The van der Waals surface area contributed by atoms with Gasteiger partial charge in [-0.1, -0.05) is 63.6 Å². The lowest BCUT2D eigenvalue weighted by Crippen LogP contribution is -2.67. The number of allylic oxidation sites excluding steroid dienone is 6. The van der Waals surface area contributed by atoms with Gasteiger partial charge in [0.1, 0.15) is 5.67 Å². The van der Waals surface area contributed by atoms with Gasteiger partial charge in [-0.05, 0) is 80.3 Å². The first kappa shape index (κ1) is 24.1. The number of halogens is 1. The Kier molecular flexibility index (Phi) is 6.77. The first-order valence-electron chi connectivity index (χ1n) is 12.0. The number of aliphatic hydroxyl groups is 1. The maximum Gasteiger partial charge on any atom is 0.129 e. The lowest BCUT2D eigenvalue weighted by molar-refractivity contribution is -0.187. The van der Waals surface area contributed by atoms with Crippen LogP contribution in [0, 0.1) is 39.9 Å². The van der Waals surface area contributed by atoms with E-state index in [9.17, 15) is 0 Å². The van der Waals surface area contributed by atoms with E-state index >= 15 is 4.39 Å². The summed E-state index contributed by atoms with van der Waals surface area (Å²) in [6.07, 6.45) is 18.0. The van der Waals surface area contributed by atoms with Crippen molar-refractivity contribution in [3.63, 3.8) is 0 Å². The second kappa shape index (κ2) is 8.43.